The van der Waals surface area contributed by atoms with E-state index < -0.39 is 15.7 Å². The number of fused-ring (bicyclic) bond motifs is 1. The molecule has 7 nitrogen and oxygen atoms in total. The molecule has 0 aliphatic carbocycles. The molecule has 2 heterocycles. The van der Waals surface area contributed by atoms with Crippen LogP contribution in [0.5, 0.6) is 0 Å². The highest BCUT2D eigenvalue weighted by Crippen LogP contribution is 2.32. The molecule has 1 aromatic heterocycles. The molecule has 0 unspecified atom stereocenters. The highest BCUT2D eigenvalue weighted by molar-refractivity contribution is 8.01. The van der Waals surface area contributed by atoms with Crippen molar-refractivity contribution in [3.8, 4) is 0 Å². The molecule has 0 saturated carbocycles. The van der Waals surface area contributed by atoms with Crippen molar-refractivity contribution in [3.63, 3.8) is 0 Å². The van der Waals surface area contributed by atoms with E-state index in [1.165, 1.54) is 12.1 Å². The van der Waals surface area contributed by atoms with Crippen molar-refractivity contribution in [1.82, 2.24) is 4.98 Å². The van der Waals surface area contributed by atoms with Gasteiger partial charge in [-0.1, -0.05) is 23.9 Å². The van der Waals surface area contributed by atoms with Gasteiger partial charge in [0.15, 0.2) is 20.5 Å². The van der Waals surface area contributed by atoms with E-state index in [1.807, 2.05) is 12.1 Å². The average molecular weight is 479 g/mol. The van der Waals surface area contributed by atoms with Crippen LogP contribution in [0.25, 0.3) is 10.2 Å². The minimum absolute atomic E-state index is 0.0102. The summed E-state index contributed by atoms with van der Waals surface area (Å²) in [7, 11) is -3.51. The van der Waals surface area contributed by atoms with Gasteiger partial charge in [-0.2, -0.15) is 0 Å². The lowest BCUT2D eigenvalue weighted by Crippen LogP contribution is -2.25. The molecule has 10 heteroatoms. The van der Waals surface area contributed by atoms with Gasteiger partial charge in [0.25, 0.3) is 5.91 Å². The van der Waals surface area contributed by atoms with E-state index in [9.17, 15) is 13.2 Å². The third-order valence-corrected chi connectivity index (χ3v) is 7.98. The van der Waals surface area contributed by atoms with Gasteiger partial charge in [0.2, 0.25) is 0 Å². The topological polar surface area (TPSA) is 94.6 Å². The van der Waals surface area contributed by atoms with Crippen LogP contribution in [0.4, 0.5) is 5.69 Å². The normalized spacial score (nSPS) is 15.3. The molecule has 164 valence electrons. The summed E-state index contributed by atoms with van der Waals surface area (Å²) in [5.41, 5.74) is 1.56. The number of thiazole rings is 1. The number of thioether (sulfide) groups is 1. The number of rotatable bonds is 7. The minimum Gasteiger partial charge on any atom is -0.353 e. The SMILES string of the molecule is CS(=O)(=O)c1ccccc1C(=O)Nc1ccc2nc(SCCC3OCCCO3)sc2c1. The Labute approximate surface area is 189 Å². The van der Waals surface area contributed by atoms with Crippen LogP contribution in [-0.4, -0.2) is 50.8 Å². The van der Waals surface area contributed by atoms with Gasteiger partial charge in [-0.05, 0) is 36.8 Å². The van der Waals surface area contributed by atoms with Gasteiger partial charge in [-0.25, -0.2) is 13.4 Å². The molecule has 1 saturated heterocycles. The number of aromatic nitrogens is 1. The Balaban J connectivity index is 1.43. The second-order valence-electron chi connectivity index (χ2n) is 7.05. The van der Waals surface area contributed by atoms with Gasteiger partial charge < -0.3 is 14.8 Å². The second kappa shape index (κ2) is 9.66. The maximum atomic E-state index is 12.7. The molecule has 4 rings (SSSR count). The van der Waals surface area contributed by atoms with E-state index in [0.29, 0.717) is 5.69 Å². The Kier molecular flexibility index (Phi) is 6.92. The lowest BCUT2D eigenvalue weighted by Gasteiger charge is -2.22. The minimum atomic E-state index is -3.51. The molecule has 3 aromatic rings. The van der Waals surface area contributed by atoms with Crippen LogP contribution >= 0.6 is 23.1 Å². The monoisotopic (exact) mass is 478 g/mol. The first-order valence-corrected chi connectivity index (χ1v) is 13.5. The smallest absolute Gasteiger partial charge is 0.256 e. The number of hydrogen-bond acceptors (Lipinski definition) is 8. The summed E-state index contributed by atoms with van der Waals surface area (Å²) >= 11 is 3.21. The number of nitrogens with zero attached hydrogens (tertiary/aromatic N) is 1. The van der Waals surface area contributed by atoms with E-state index in [-0.39, 0.29) is 16.7 Å². The number of anilines is 1. The number of nitrogens with one attached hydrogen (secondary N) is 1. The van der Waals surface area contributed by atoms with Crippen molar-refractivity contribution in [2.75, 3.05) is 30.5 Å². The number of carbonyl (C=O) groups is 1. The molecule has 0 bridgehead atoms. The lowest BCUT2D eigenvalue weighted by molar-refractivity contribution is -0.178. The molecule has 1 aliphatic rings. The van der Waals surface area contributed by atoms with Crippen LogP contribution in [0.3, 0.4) is 0 Å². The quantitative estimate of drug-likeness (QED) is 0.509. The van der Waals surface area contributed by atoms with Gasteiger partial charge in [-0.3, -0.25) is 4.79 Å². The predicted molar refractivity (Wildman–Crippen MR) is 123 cm³/mol. The van der Waals surface area contributed by atoms with Crippen molar-refractivity contribution >= 4 is 54.7 Å². The average Bonchev–Trinajstić information content (AvgIpc) is 3.16. The number of carbonyl (C=O) groups excluding carboxylic acids is 1. The third kappa shape index (κ3) is 5.64. The standard InChI is InChI=1S/C21H22N2O5S3/c1-31(25,26)18-6-3-2-5-15(18)20(24)22-14-7-8-16-17(13-14)30-21(23-16)29-12-9-19-27-10-4-11-28-19/h2-3,5-8,13,19H,4,9-12H2,1H3,(H,22,24). The zero-order valence-corrected chi connectivity index (χ0v) is 19.3. The van der Waals surface area contributed by atoms with Crippen LogP contribution < -0.4 is 5.32 Å². The summed E-state index contributed by atoms with van der Waals surface area (Å²) in [4.78, 5) is 17.3. The van der Waals surface area contributed by atoms with Crippen LogP contribution in [0.1, 0.15) is 23.2 Å². The van der Waals surface area contributed by atoms with Crippen LogP contribution in [-0.2, 0) is 19.3 Å². The zero-order valence-electron chi connectivity index (χ0n) is 16.9. The fraction of sp³-hybridized carbons (Fsp3) is 0.333. The molecule has 1 amide bonds. The van der Waals surface area contributed by atoms with E-state index in [2.05, 4.69) is 10.3 Å². The summed E-state index contributed by atoms with van der Waals surface area (Å²) in [5, 5.41) is 2.79. The van der Waals surface area contributed by atoms with Gasteiger partial charge in [0, 0.05) is 24.1 Å². The number of hydrogen-bond donors (Lipinski definition) is 1. The first kappa shape index (κ1) is 22.2. The molecule has 1 fully saturated rings. The Morgan fingerprint density at radius 2 is 2.00 bits per heavy atom. The van der Waals surface area contributed by atoms with Crippen molar-refractivity contribution in [2.45, 2.75) is 28.4 Å². The van der Waals surface area contributed by atoms with E-state index in [4.69, 9.17) is 9.47 Å². The molecule has 0 atom stereocenters. The summed E-state index contributed by atoms with van der Waals surface area (Å²) in [6, 6.07) is 11.6. The maximum Gasteiger partial charge on any atom is 0.256 e. The number of benzene rings is 2. The number of ether oxygens (including phenoxy) is 2. The van der Waals surface area contributed by atoms with Gasteiger partial charge in [0.05, 0.1) is 33.9 Å². The molecular weight excluding hydrogens is 456 g/mol. The fourth-order valence-corrected chi connectivity index (χ4v) is 6.19. The molecular formula is C21H22N2O5S3. The molecule has 1 N–H and O–H groups in total. The Bertz CT molecular complexity index is 1190. The van der Waals surface area contributed by atoms with Gasteiger partial charge >= 0.3 is 0 Å². The second-order valence-corrected chi connectivity index (χ2v) is 11.4. The highest BCUT2D eigenvalue weighted by atomic mass is 32.2. The first-order chi connectivity index (χ1) is 14.9. The largest absolute Gasteiger partial charge is 0.353 e. The molecule has 0 radical (unpaired) electrons. The molecule has 2 aromatic carbocycles. The van der Waals surface area contributed by atoms with Gasteiger partial charge in [-0.15, -0.1) is 11.3 Å². The summed E-state index contributed by atoms with van der Waals surface area (Å²) in [5.74, 6) is 0.378. The highest BCUT2D eigenvalue weighted by Gasteiger charge is 2.19. The Morgan fingerprint density at radius 1 is 1.23 bits per heavy atom. The van der Waals surface area contributed by atoms with Gasteiger partial charge in [0.1, 0.15) is 0 Å². The van der Waals surface area contributed by atoms with Crippen LogP contribution in [0.2, 0.25) is 0 Å². The van der Waals surface area contributed by atoms with Crippen LogP contribution in [0, 0.1) is 0 Å². The van der Waals surface area contributed by atoms with E-state index in [1.54, 1.807) is 41.3 Å². The number of sulfone groups is 1. The van der Waals surface area contributed by atoms with E-state index in [0.717, 1.165) is 52.6 Å². The Hall–Kier alpha value is -1.98. The molecule has 31 heavy (non-hydrogen) atoms. The molecule has 0 spiro atoms. The maximum absolute atomic E-state index is 12.7. The summed E-state index contributed by atoms with van der Waals surface area (Å²) in [6.07, 6.45) is 2.71. The summed E-state index contributed by atoms with van der Waals surface area (Å²) in [6.45, 7) is 1.50. The van der Waals surface area contributed by atoms with Crippen molar-refractivity contribution < 1.29 is 22.7 Å². The predicted octanol–water partition coefficient (Wildman–Crippen LogP) is 4.20. The Morgan fingerprint density at radius 3 is 2.77 bits per heavy atom. The van der Waals surface area contributed by atoms with Crippen molar-refractivity contribution in [2.24, 2.45) is 0 Å². The lowest BCUT2D eigenvalue weighted by atomic mass is 10.2. The third-order valence-electron chi connectivity index (χ3n) is 4.63. The zero-order chi connectivity index (χ0) is 21.8. The van der Waals surface area contributed by atoms with Crippen molar-refractivity contribution in [3.05, 3.63) is 48.0 Å². The number of amides is 1. The van der Waals surface area contributed by atoms with E-state index >= 15 is 0 Å². The van der Waals surface area contributed by atoms with Crippen molar-refractivity contribution in [1.29, 1.82) is 0 Å². The van der Waals surface area contributed by atoms with Crippen LogP contribution in [0.15, 0.2) is 51.7 Å². The first-order valence-electron chi connectivity index (χ1n) is 9.77. The fourth-order valence-electron chi connectivity index (χ4n) is 3.16. The summed E-state index contributed by atoms with van der Waals surface area (Å²) < 4.78 is 37.0. The molecule has 1 aliphatic heterocycles.